The van der Waals surface area contributed by atoms with Crippen LogP contribution in [0.5, 0.6) is 5.75 Å². The van der Waals surface area contributed by atoms with Crippen molar-refractivity contribution in [3.8, 4) is 5.75 Å². The fourth-order valence-corrected chi connectivity index (χ4v) is 3.12. The van der Waals surface area contributed by atoms with E-state index in [1.165, 1.54) is 5.56 Å². The Labute approximate surface area is 183 Å². The molecule has 162 valence electrons. The summed E-state index contributed by atoms with van der Waals surface area (Å²) in [6.45, 7) is 2.64. The highest BCUT2D eigenvalue weighted by atomic mass is 16.5. The van der Waals surface area contributed by atoms with Crippen LogP contribution in [-0.4, -0.2) is 17.6 Å². The summed E-state index contributed by atoms with van der Waals surface area (Å²) in [5, 5.41) is 0. The zero-order valence-corrected chi connectivity index (χ0v) is 18.0. The Balaban J connectivity index is 1.37. The SMILES string of the molecule is CCOC(=O)CCCCCc1ccc(OCc2coc(C=Cc3ccccc3)n2)cc1. The van der Waals surface area contributed by atoms with E-state index < -0.39 is 0 Å². The van der Waals surface area contributed by atoms with Crippen LogP contribution in [0.15, 0.2) is 65.3 Å². The van der Waals surface area contributed by atoms with Crippen LogP contribution in [0.3, 0.4) is 0 Å². The number of carbonyl (C=O) groups is 1. The third kappa shape index (κ3) is 8.13. The van der Waals surface area contributed by atoms with Crippen molar-refractivity contribution in [3.05, 3.63) is 83.6 Å². The van der Waals surface area contributed by atoms with Crippen molar-refractivity contribution in [1.82, 2.24) is 4.98 Å². The van der Waals surface area contributed by atoms with Crippen molar-refractivity contribution in [2.75, 3.05) is 6.61 Å². The lowest BCUT2D eigenvalue weighted by molar-refractivity contribution is -0.143. The molecule has 0 atom stereocenters. The summed E-state index contributed by atoms with van der Waals surface area (Å²) in [7, 11) is 0. The van der Waals surface area contributed by atoms with Gasteiger partial charge < -0.3 is 13.9 Å². The first-order valence-corrected chi connectivity index (χ1v) is 10.8. The normalized spacial score (nSPS) is 11.0. The van der Waals surface area contributed by atoms with E-state index in [0.717, 1.165) is 42.7 Å². The maximum Gasteiger partial charge on any atom is 0.305 e. The Morgan fingerprint density at radius 3 is 2.58 bits per heavy atom. The Bertz CT molecular complexity index is 945. The van der Waals surface area contributed by atoms with Gasteiger partial charge in [0, 0.05) is 12.5 Å². The van der Waals surface area contributed by atoms with E-state index in [2.05, 4.69) is 17.1 Å². The lowest BCUT2D eigenvalue weighted by Crippen LogP contribution is -2.03. The van der Waals surface area contributed by atoms with Crippen LogP contribution in [-0.2, 0) is 22.6 Å². The monoisotopic (exact) mass is 419 g/mol. The van der Waals surface area contributed by atoms with Crippen LogP contribution in [0, 0.1) is 0 Å². The Kier molecular flexibility index (Phi) is 8.92. The number of hydrogen-bond donors (Lipinski definition) is 0. The molecule has 0 aliphatic rings. The third-order valence-corrected chi connectivity index (χ3v) is 4.75. The summed E-state index contributed by atoms with van der Waals surface area (Å²) >= 11 is 0. The summed E-state index contributed by atoms with van der Waals surface area (Å²) in [6.07, 6.45) is 9.88. The van der Waals surface area contributed by atoms with Crippen molar-refractivity contribution < 1.29 is 18.7 Å². The van der Waals surface area contributed by atoms with Gasteiger partial charge in [0.15, 0.2) is 0 Å². The highest BCUT2D eigenvalue weighted by molar-refractivity contribution is 5.69. The van der Waals surface area contributed by atoms with Gasteiger partial charge in [-0.25, -0.2) is 4.98 Å². The van der Waals surface area contributed by atoms with Crippen LogP contribution < -0.4 is 4.74 Å². The van der Waals surface area contributed by atoms with E-state index in [0.29, 0.717) is 25.5 Å². The largest absolute Gasteiger partial charge is 0.487 e. The molecule has 1 heterocycles. The Morgan fingerprint density at radius 2 is 1.81 bits per heavy atom. The number of aryl methyl sites for hydroxylation is 1. The second kappa shape index (κ2) is 12.4. The van der Waals surface area contributed by atoms with Crippen LogP contribution in [0.25, 0.3) is 12.2 Å². The van der Waals surface area contributed by atoms with Gasteiger partial charge >= 0.3 is 5.97 Å². The summed E-state index contributed by atoms with van der Waals surface area (Å²) in [5.41, 5.74) is 3.11. The van der Waals surface area contributed by atoms with E-state index in [9.17, 15) is 4.79 Å². The molecular weight excluding hydrogens is 390 g/mol. The fraction of sp³-hybridized carbons (Fsp3) is 0.308. The van der Waals surface area contributed by atoms with E-state index >= 15 is 0 Å². The van der Waals surface area contributed by atoms with Gasteiger partial charge in [-0.05, 0) is 55.5 Å². The van der Waals surface area contributed by atoms with E-state index in [1.807, 2.05) is 61.5 Å². The molecule has 1 aromatic heterocycles. The molecule has 3 aromatic rings. The van der Waals surface area contributed by atoms with Crippen molar-refractivity contribution in [2.24, 2.45) is 0 Å². The number of hydrogen-bond acceptors (Lipinski definition) is 5. The zero-order valence-electron chi connectivity index (χ0n) is 18.0. The molecule has 0 spiro atoms. The topological polar surface area (TPSA) is 61.6 Å². The predicted molar refractivity (Wildman–Crippen MR) is 121 cm³/mol. The predicted octanol–water partition coefficient (Wildman–Crippen LogP) is 6.09. The van der Waals surface area contributed by atoms with Crippen LogP contribution in [0.2, 0.25) is 0 Å². The minimum atomic E-state index is -0.101. The summed E-state index contributed by atoms with van der Waals surface area (Å²) < 4.78 is 16.2. The van der Waals surface area contributed by atoms with Crippen molar-refractivity contribution in [3.63, 3.8) is 0 Å². The quantitative estimate of drug-likeness (QED) is 0.263. The smallest absolute Gasteiger partial charge is 0.305 e. The second-order valence-corrected chi connectivity index (χ2v) is 7.22. The minimum Gasteiger partial charge on any atom is -0.487 e. The number of esters is 1. The van der Waals surface area contributed by atoms with Gasteiger partial charge in [-0.1, -0.05) is 48.9 Å². The molecule has 2 aromatic carbocycles. The summed E-state index contributed by atoms with van der Waals surface area (Å²) in [6, 6.07) is 18.1. The van der Waals surface area contributed by atoms with Gasteiger partial charge in [-0.2, -0.15) is 0 Å². The molecule has 31 heavy (non-hydrogen) atoms. The lowest BCUT2D eigenvalue weighted by atomic mass is 10.1. The standard InChI is InChI=1S/C26H29NO4/c1-2-29-26(28)12-8-4-7-11-22-13-16-24(17-14-22)30-19-23-20-31-25(27-23)18-15-21-9-5-3-6-10-21/h3,5-6,9-10,13-18,20H,2,4,7-8,11-12,19H2,1H3. The minimum absolute atomic E-state index is 0.101. The number of ether oxygens (including phenoxy) is 2. The molecule has 0 fully saturated rings. The van der Waals surface area contributed by atoms with Crippen molar-refractivity contribution in [2.45, 2.75) is 45.6 Å². The Hall–Kier alpha value is -3.34. The molecule has 5 nitrogen and oxygen atoms in total. The van der Waals surface area contributed by atoms with Gasteiger partial charge in [0.2, 0.25) is 5.89 Å². The second-order valence-electron chi connectivity index (χ2n) is 7.22. The summed E-state index contributed by atoms with van der Waals surface area (Å²) in [5.74, 6) is 1.26. The van der Waals surface area contributed by atoms with Crippen LogP contribution in [0.1, 0.15) is 55.3 Å². The number of unbranched alkanes of at least 4 members (excludes halogenated alkanes) is 2. The number of rotatable bonds is 12. The Morgan fingerprint density at radius 1 is 1.00 bits per heavy atom. The van der Waals surface area contributed by atoms with Crippen LogP contribution >= 0.6 is 0 Å². The molecule has 0 unspecified atom stereocenters. The van der Waals surface area contributed by atoms with Gasteiger partial charge in [-0.15, -0.1) is 0 Å². The first-order valence-electron chi connectivity index (χ1n) is 10.8. The van der Waals surface area contributed by atoms with Gasteiger partial charge in [0.1, 0.15) is 24.3 Å². The van der Waals surface area contributed by atoms with Crippen molar-refractivity contribution in [1.29, 1.82) is 0 Å². The molecule has 0 amide bonds. The molecule has 0 radical (unpaired) electrons. The number of oxazole rings is 1. The maximum atomic E-state index is 11.3. The number of aromatic nitrogens is 1. The number of benzene rings is 2. The van der Waals surface area contributed by atoms with E-state index in [1.54, 1.807) is 6.26 Å². The molecule has 3 rings (SSSR count). The van der Waals surface area contributed by atoms with E-state index in [4.69, 9.17) is 13.9 Å². The highest BCUT2D eigenvalue weighted by Gasteiger charge is 2.04. The zero-order chi connectivity index (χ0) is 21.7. The molecule has 0 bridgehead atoms. The molecule has 0 aliphatic carbocycles. The lowest BCUT2D eigenvalue weighted by Gasteiger charge is -2.06. The molecule has 0 N–H and O–H groups in total. The molecule has 0 aliphatic heterocycles. The fourth-order valence-electron chi connectivity index (χ4n) is 3.12. The number of nitrogens with zero attached hydrogens (tertiary/aromatic N) is 1. The highest BCUT2D eigenvalue weighted by Crippen LogP contribution is 2.17. The van der Waals surface area contributed by atoms with Gasteiger partial charge in [0.25, 0.3) is 0 Å². The third-order valence-electron chi connectivity index (χ3n) is 4.75. The van der Waals surface area contributed by atoms with Gasteiger partial charge in [0.05, 0.1) is 6.61 Å². The number of carbonyl (C=O) groups excluding carboxylic acids is 1. The van der Waals surface area contributed by atoms with Gasteiger partial charge in [-0.3, -0.25) is 4.79 Å². The van der Waals surface area contributed by atoms with E-state index in [-0.39, 0.29) is 5.97 Å². The summed E-state index contributed by atoms with van der Waals surface area (Å²) in [4.78, 5) is 15.7. The van der Waals surface area contributed by atoms with Crippen LogP contribution in [0.4, 0.5) is 0 Å². The average Bonchev–Trinajstić information content (AvgIpc) is 3.26. The average molecular weight is 420 g/mol. The molecule has 0 saturated carbocycles. The molecule has 0 saturated heterocycles. The molecule has 5 heteroatoms. The van der Waals surface area contributed by atoms with Crippen molar-refractivity contribution >= 4 is 18.1 Å². The maximum absolute atomic E-state index is 11.3. The first-order chi connectivity index (χ1) is 15.2. The molecular formula is C26H29NO4. The first kappa shape index (κ1) is 22.3.